The van der Waals surface area contributed by atoms with Crippen LogP contribution in [0.5, 0.6) is 0 Å². The van der Waals surface area contributed by atoms with E-state index >= 15 is 0 Å². The number of carbonyl (C=O) groups is 1. The molecule has 0 radical (unpaired) electrons. The second kappa shape index (κ2) is 8.45. The first-order chi connectivity index (χ1) is 8.63. The van der Waals surface area contributed by atoms with Gasteiger partial charge in [0.15, 0.2) is 0 Å². The lowest BCUT2D eigenvalue weighted by Gasteiger charge is -2.34. The number of ether oxygens (including phenoxy) is 1. The molecule has 1 aliphatic heterocycles. The second-order valence-corrected chi connectivity index (χ2v) is 4.94. The van der Waals surface area contributed by atoms with Crippen molar-refractivity contribution in [2.75, 3.05) is 52.9 Å². The van der Waals surface area contributed by atoms with Gasteiger partial charge >= 0.3 is 0 Å². The van der Waals surface area contributed by atoms with E-state index < -0.39 is 0 Å². The lowest BCUT2D eigenvalue weighted by Crippen LogP contribution is -2.49. The summed E-state index contributed by atoms with van der Waals surface area (Å²) in [5.74, 6) is 0.0975. The number of rotatable bonds is 7. The molecule has 0 bridgehead atoms. The summed E-state index contributed by atoms with van der Waals surface area (Å²) in [6.07, 6.45) is 1.33. The Labute approximate surface area is 110 Å². The molecule has 1 amide bonds. The smallest absolute Gasteiger partial charge is 0.219 e. The number of morpholine rings is 1. The Hall–Kier alpha value is -0.650. The van der Waals surface area contributed by atoms with Crippen LogP contribution in [-0.2, 0) is 9.53 Å². The van der Waals surface area contributed by atoms with E-state index in [9.17, 15) is 4.79 Å². The van der Waals surface area contributed by atoms with Crippen LogP contribution in [0.4, 0.5) is 0 Å². The first kappa shape index (κ1) is 15.4. The van der Waals surface area contributed by atoms with Gasteiger partial charge < -0.3 is 15.0 Å². The molecule has 0 saturated carbocycles. The van der Waals surface area contributed by atoms with E-state index in [2.05, 4.69) is 17.1 Å². The molecular weight excluding hydrogens is 230 g/mol. The van der Waals surface area contributed by atoms with Gasteiger partial charge in [-0.25, -0.2) is 0 Å². The van der Waals surface area contributed by atoms with Gasteiger partial charge in [-0.3, -0.25) is 9.69 Å². The Morgan fingerprint density at radius 3 is 2.94 bits per heavy atom. The zero-order valence-electron chi connectivity index (χ0n) is 11.9. The Balaban J connectivity index is 2.21. The summed E-state index contributed by atoms with van der Waals surface area (Å²) in [6.45, 7) is 10.3. The van der Waals surface area contributed by atoms with Crippen LogP contribution in [-0.4, -0.2) is 74.7 Å². The highest BCUT2D eigenvalue weighted by Crippen LogP contribution is 2.06. The van der Waals surface area contributed by atoms with E-state index in [1.807, 2.05) is 7.05 Å². The second-order valence-electron chi connectivity index (χ2n) is 4.94. The predicted molar refractivity (Wildman–Crippen MR) is 72.7 cm³/mol. The standard InChI is InChI=1S/C13H27N3O2/c1-4-5-14-6-7-16-8-9-18-13(11-16)10-15(3)12(2)17/h13-14H,4-11H2,1-3H3/t13-/m1/s1. The zero-order chi connectivity index (χ0) is 13.4. The highest BCUT2D eigenvalue weighted by Gasteiger charge is 2.21. The SMILES string of the molecule is CCCNCCN1CCO[C@H](CN(C)C(C)=O)C1. The quantitative estimate of drug-likeness (QED) is 0.660. The molecule has 0 unspecified atom stereocenters. The number of likely N-dealkylation sites (N-methyl/N-ethyl adjacent to an activating group) is 1. The molecule has 0 aromatic rings. The Kier molecular flexibility index (Phi) is 7.23. The van der Waals surface area contributed by atoms with Crippen molar-refractivity contribution in [2.45, 2.75) is 26.4 Å². The maximum Gasteiger partial charge on any atom is 0.219 e. The average molecular weight is 257 g/mol. The summed E-state index contributed by atoms with van der Waals surface area (Å²) in [6, 6.07) is 0. The molecule has 1 heterocycles. The van der Waals surface area contributed by atoms with Crippen molar-refractivity contribution in [3.8, 4) is 0 Å². The molecule has 0 aliphatic carbocycles. The number of amides is 1. The van der Waals surface area contributed by atoms with Gasteiger partial charge in [-0.2, -0.15) is 0 Å². The summed E-state index contributed by atoms with van der Waals surface area (Å²) in [5, 5.41) is 3.41. The van der Waals surface area contributed by atoms with Crippen LogP contribution in [0.1, 0.15) is 20.3 Å². The maximum absolute atomic E-state index is 11.2. The third-order valence-electron chi connectivity index (χ3n) is 3.27. The van der Waals surface area contributed by atoms with Gasteiger partial charge in [0.05, 0.1) is 12.7 Å². The summed E-state index contributed by atoms with van der Waals surface area (Å²) in [7, 11) is 1.83. The third kappa shape index (κ3) is 5.80. The average Bonchev–Trinajstić information content (AvgIpc) is 2.35. The molecule has 0 aromatic heterocycles. The summed E-state index contributed by atoms with van der Waals surface area (Å²) in [4.78, 5) is 15.3. The molecule has 1 rings (SSSR count). The fourth-order valence-corrected chi connectivity index (χ4v) is 2.07. The van der Waals surface area contributed by atoms with Crippen LogP contribution in [0, 0.1) is 0 Å². The summed E-state index contributed by atoms with van der Waals surface area (Å²) >= 11 is 0. The molecule has 106 valence electrons. The van der Waals surface area contributed by atoms with Crippen LogP contribution in [0.25, 0.3) is 0 Å². The maximum atomic E-state index is 11.2. The summed E-state index contributed by atoms with van der Waals surface area (Å²) in [5.41, 5.74) is 0. The van der Waals surface area contributed by atoms with Crippen molar-refractivity contribution in [2.24, 2.45) is 0 Å². The molecule has 1 N–H and O–H groups in total. The highest BCUT2D eigenvalue weighted by atomic mass is 16.5. The van der Waals surface area contributed by atoms with Gasteiger partial charge in [0.2, 0.25) is 5.91 Å². The minimum absolute atomic E-state index is 0.0975. The largest absolute Gasteiger partial charge is 0.374 e. The Morgan fingerprint density at radius 2 is 2.28 bits per heavy atom. The van der Waals surface area contributed by atoms with E-state index in [1.165, 1.54) is 6.42 Å². The molecule has 18 heavy (non-hydrogen) atoms. The normalized spacial score (nSPS) is 20.9. The van der Waals surface area contributed by atoms with E-state index in [0.29, 0.717) is 6.54 Å². The fourth-order valence-electron chi connectivity index (χ4n) is 2.07. The molecule has 5 nitrogen and oxygen atoms in total. The van der Waals surface area contributed by atoms with Crippen LogP contribution in [0.3, 0.4) is 0 Å². The highest BCUT2D eigenvalue weighted by molar-refractivity contribution is 5.72. The minimum Gasteiger partial charge on any atom is -0.374 e. The van der Waals surface area contributed by atoms with Crippen LogP contribution >= 0.6 is 0 Å². The molecule has 1 saturated heterocycles. The van der Waals surface area contributed by atoms with Crippen molar-refractivity contribution < 1.29 is 9.53 Å². The summed E-state index contributed by atoms with van der Waals surface area (Å²) < 4.78 is 5.70. The van der Waals surface area contributed by atoms with Gasteiger partial charge in [0, 0.05) is 46.7 Å². The molecule has 1 atom stereocenters. The van der Waals surface area contributed by atoms with Crippen LogP contribution < -0.4 is 5.32 Å². The number of hydrogen-bond donors (Lipinski definition) is 1. The third-order valence-corrected chi connectivity index (χ3v) is 3.27. The number of nitrogens with zero attached hydrogens (tertiary/aromatic N) is 2. The first-order valence-electron chi connectivity index (χ1n) is 6.89. The van der Waals surface area contributed by atoms with Crippen molar-refractivity contribution >= 4 is 5.91 Å². The van der Waals surface area contributed by atoms with E-state index in [0.717, 1.165) is 39.3 Å². The lowest BCUT2D eigenvalue weighted by molar-refractivity contribution is -0.130. The van der Waals surface area contributed by atoms with Crippen LogP contribution in [0.2, 0.25) is 0 Å². The monoisotopic (exact) mass is 257 g/mol. The lowest BCUT2D eigenvalue weighted by atomic mass is 10.2. The van der Waals surface area contributed by atoms with Crippen molar-refractivity contribution in [1.82, 2.24) is 15.1 Å². The molecule has 5 heteroatoms. The van der Waals surface area contributed by atoms with Crippen LogP contribution in [0.15, 0.2) is 0 Å². The van der Waals surface area contributed by atoms with E-state index in [1.54, 1.807) is 11.8 Å². The van der Waals surface area contributed by atoms with E-state index in [4.69, 9.17) is 4.74 Å². The van der Waals surface area contributed by atoms with Gasteiger partial charge in [-0.05, 0) is 13.0 Å². The van der Waals surface area contributed by atoms with E-state index in [-0.39, 0.29) is 12.0 Å². The minimum atomic E-state index is 0.0975. The van der Waals surface area contributed by atoms with Crippen molar-refractivity contribution in [3.05, 3.63) is 0 Å². The molecular formula is C13H27N3O2. The topological polar surface area (TPSA) is 44.8 Å². The number of carbonyl (C=O) groups excluding carboxylic acids is 1. The van der Waals surface area contributed by atoms with Crippen molar-refractivity contribution in [1.29, 1.82) is 0 Å². The zero-order valence-corrected chi connectivity index (χ0v) is 11.9. The van der Waals surface area contributed by atoms with Gasteiger partial charge in [0.1, 0.15) is 0 Å². The fraction of sp³-hybridized carbons (Fsp3) is 0.923. The number of nitrogens with one attached hydrogen (secondary N) is 1. The molecule has 0 aromatic carbocycles. The van der Waals surface area contributed by atoms with Crippen molar-refractivity contribution in [3.63, 3.8) is 0 Å². The molecule has 1 aliphatic rings. The molecule has 1 fully saturated rings. The van der Waals surface area contributed by atoms with Gasteiger partial charge in [0.25, 0.3) is 0 Å². The number of hydrogen-bond acceptors (Lipinski definition) is 4. The predicted octanol–water partition coefficient (Wildman–Crippen LogP) is 0.165. The van der Waals surface area contributed by atoms with Gasteiger partial charge in [-0.15, -0.1) is 0 Å². The Morgan fingerprint density at radius 1 is 1.50 bits per heavy atom. The first-order valence-corrected chi connectivity index (χ1v) is 6.89. The molecule has 0 spiro atoms. The van der Waals surface area contributed by atoms with Gasteiger partial charge in [-0.1, -0.05) is 6.92 Å². The Bertz CT molecular complexity index is 248.